The normalized spacial score (nSPS) is 14.5. The van der Waals surface area contributed by atoms with E-state index in [1.54, 1.807) is 13.2 Å². The van der Waals surface area contributed by atoms with E-state index in [1.165, 1.54) is 12.8 Å². The molecule has 1 fully saturated rings. The van der Waals surface area contributed by atoms with Gasteiger partial charge in [0.05, 0.1) is 13.7 Å². The summed E-state index contributed by atoms with van der Waals surface area (Å²) in [6.07, 6.45) is 3.85. The second-order valence-electron chi connectivity index (χ2n) is 4.72. The summed E-state index contributed by atoms with van der Waals surface area (Å²) in [6.45, 7) is 1.30. The molecule has 98 valence electrons. The number of nitrogens with two attached hydrogens (primary N) is 1. The second kappa shape index (κ2) is 5.87. The predicted molar refractivity (Wildman–Crippen MR) is 71.0 cm³/mol. The lowest BCUT2D eigenvalue weighted by molar-refractivity contribution is 0.113. The molecule has 2 rings (SSSR count). The number of methoxy groups -OCH3 is 1. The fraction of sp³-hybridized carbons (Fsp3) is 0.500. The number of benzene rings is 1. The zero-order valence-electron chi connectivity index (χ0n) is 10.7. The molecule has 0 bridgehead atoms. The van der Waals surface area contributed by atoms with E-state index in [2.05, 4.69) is 0 Å². The monoisotopic (exact) mass is 248 g/mol. The number of nitrogen functional groups attached to an aromatic ring is 1. The highest BCUT2D eigenvalue weighted by Gasteiger charge is 2.20. The molecule has 3 N–H and O–H groups in total. The van der Waals surface area contributed by atoms with Crippen molar-refractivity contribution in [1.82, 2.24) is 0 Å². The minimum Gasteiger partial charge on any atom is -0.496 e. The summed E-state index contributed by atoms with van der Waals surface area (Å²) in [4.78, 5) is 0. The smallest absolute Gasteiger partial charge is 0.124 e. The fourth-order valence-corrected chi connectivity index (χ4v) is 1.90. The molecule has 1 saturated carbocycles. The van der Waals surface area contributed by atoms with Gasteiger partial charge in [-0.05, 0) is 30.5 Å². The van der Waals surface area contributed by atoms with Gasteiger partial charge in [-0.2, -0.15) is 0 Å². The Morgan fingerprint density at radius 3 is 2.83 bits per heavy atom. The molecular weight excluding hydrogens is 228 g/mol. The minimum atomic E-state index is 0.0666. The number of hydrogen-bond acceptors (Lipinski definition) is 3. The maximum Gasteiger partial charge on any atom is 0.124 e. The van der Waals surface area contributed by atoms with E-state index >= 15 is 0 Å². The summed E-state index contributed by atoms with van der Waals surface area (Å²) in [5.41, 5.74) is 7.13. The van der Waals surface area contributed by atoms with Gasteiger partial charge in [-0.25, -0.2) is 0 Å². The maximum absolute atomic E-state index is 7.43. The highest BCUT2D eigenvalue weighted by molar-refractivity contribution is 5.95. The average Bonchev–Trinajstić information content (AvgIpc) is 3.18. The van der Waals surface area contributed by atoms with Crippen LogP contribution in [-0.2, 0) is 11.3 Å². The lowest BCUT2D eigenvalue weighted by Gasteiger charge is -2.11. The van der Waals surface area contributed by atoms with Gasteiger partial charge < -0.3 is 15.2 Å². The molecule has 0 heterocycles. The molecule has 0 spiro atoms. The van der Waals surface area contributed by atoms with Crippen LogP contribution in [0.5, 0.6) is 5.75 Å². The summed E-state index contributed by atoms with van der Waals surface area (Å²) in [5.74, 6) is 1.73. The molecule has 0 aromatic heterocycles. The first-order chi connectivity index (χ1) is 8.70. The minimum absolute atomic E-state index is 0.0666. The molecule has 1 aromatic carbocycles. The van der Waals surface area contributed by atoms with Gasteiger partial charge in [0.2, 0.25) is 0 Å². The third-order valence-electron chi connectivity index (χ3n) is 3.22. The Morgan fingerprint density at radius 1 is 1.44 bits per heavy atom. The first kappa shape index (κ1) is 12.9. The van der Waals surface area contributed by atoms with Gasteiger partial charge in [0.25, 0.3) is 0 Å². The van der Waals surface area contributed by atoms with Gasteiger partial charge >= 0.3 is 0 Å². The van der Waals surface area contributed by atoms with Gasteiger partial charge in [-0.1, -0.05) is 12.8 Å². The zero-order valence-corrected chi connectivity index (χ0v) is 10.7. The molecule has 1 aromatic rings. The number of rotatable bonds is 7. The third kappa shape index (κ3) is 3.47. The van der Waals surface area contributed by atoms with Crippen molar-refractivity contribution in [1.29, 1.82) is 5.41 Å². The first-order valence-corrected chi connectivity index (χ1v) is 6.29. The lowest BCUT2D eigenvalue weighted by Crippen LogP contribution is -2.11. The number of amidine groups is 1. The molecule has 0 atom stereocenters. The molecule has 0 saturated heterocycles. The zero-order chi connectivity index (χ0) is 13.0. The molecule has 1 aliphatic carbocycles. The topological polar surface area (TPSA) is 68.3 Å². The lowest BCUT2D eigenvalue weighted by atomic mass is 10.1. The standard InChI is InChI=1S/C14H20N2O2/c1-17-13-5-4-11(14(15)16)8-12(13)9-18-7-6-10-2-3-10/h4-5,8,10H,2-3,6-7,9H2,1H3,(H3,15,16). The molecule has 0 amide bonds. The highest BCUT2D eigenvalue weighted by Crippen LogP contribution is 2.32. The summed E-state index contributed by atoms with van der Waals surface area (Å²) in [7, 11) is 1.64. The van der Waals surface area contributed by atoms with Crippen LogP contribution >= 0.6 is 0 Å². The van der Waals surface area contributed by atoms with Crippen LogP contribution in [0.4, 0.5) is 0 Å². The van der Waals surface area contributed by atoms with Crippen molar-refractivity contribution in [2.75, 3.05) is 13.7 Å². The number of ether oxygens (including phenoxy) is 2. The summed E-state index contributed by atoms with van der Waals surface area (Å²) in [6, 6.07) is 5.48. The molecule has 0 aliphatic heterocycles. The number of nitrogens with one attached hydrogen (secondary N) is 1. The Bertz CT molecular complexity index is 428. The van der Waals surface area contributed by atoms with E-state index in [0.717, 1.165) is 30.3 Å². The Labute approximate surface area is 108 Å². The van der Waals surface area contributed by atoms with Crippen molar-refractivity contribution in [2.24, 2.45) is 11.7 Å². The highest BCUT2D eigenvalue weighted by atomic mass is 16.5. The van der Waals surface area contributed by atoms with E-state index in [-0.39, 0.29) is 5.84 Å². The largest absolute Gasteiger partial charge is 0.496 e. The number of hydrogen-bond donors (Lipinski definition) is 2. The van der Waals surface area contributed by atoms with E-state index in [1.807, 2.05) is 12.1 Å². The fourth-order valence-electron chi connectivity index (χ4n) is 1.90. The van der Waals surface area contributed by atoms with Crippen molar-refractivity contribution in [3.05, 3.63) is 29.3 Å². The third-order valence-corrected chi connectivity index (χ3v) is 3.22. The first-order valence-electron chi connectivity index (χ1n) is 6.29. The van der Waals surface area contributed by atoms with Crippen molar-refractivity contribution < 1.29 is 9.47 Å². The van der Waals surface area contributed by atoms with Crippen LogP contribution in [0.3, 0.4) is 0 Å². The van der Waals surface area contributed by atoms with Gasteiger partial charge in [0.1, 0.15) is 11.6 Å². The van der Waals surface area contributed by atoms with Crippen LogP contribution in [0, 0.1) is 11.3 Å². The maximum atomic E-state index is 7.43. The van der Waals surface area contributed by atoms with Crippen LogP contribution in [0.15, 0.2) is 18.2 Å². The summed E-state index contributed by atoms with van der Waals surface area (Å²) in [5, 5.41) is 7.43. The van der Waals surface area contributed by atoms with E-state index in [0.29, 0.717) is 12.2 Å². The van der Waals surface area contributed by atoms with E-state index in [9.17, 15) is 0 Å². The second-order valence-corrected chi connectivity index (χ2v) is 4.72. The summed E-state index contributed by atoms with van der Waals surface area (Å²) < 4.78 is 10.9. The van der Waals surface area contributed by atoms with Crippen LogP contribution < -0.4 is 10.5 Å². The average molecular weight is 248 g/mol. The van der Waals surface area contributed by atoms with Crippen molar-refractivity contribution >= 4 is 5.84 Å². The molecule has 18 heavy (non-hydrogen) atoms. The van der Waals surface area contributed by atoms with Crippen molar-refractivity contribution in [3.8, 4) is 5.75 Å². The van der Waals surface area contributed by atoms with Crippen LogP contribution in [-0.4, -0.2) is 19.6 Å². The van der Waals surface area contributed by atoms with Gasteiger partial charge in [-0.3, -0.25) is 5.41 Å². The molecule has 0 unspecified atom stereocenters. The molecular formula is C14H20N2O2. The van der Waals surface area contributed by atoms with Gasteiger partial charge in [0, 0.05) is 17.7 Å². The van der Waals surface area contributed by atoms with Gasteiger partial charge in [-0.15, -0.1) is 0 Å². The molecule has 4 nitrogen and oxygen atoms in total. The molecule has 4 heteroatoms. The van der Waals surface area contributed by atoms with Crippen molar-refractivity contribution in [2.45, 2.75) is 25.9 Å². The van der Waals surface area contributed by atoms with Gasteiger partial charge in [0.15, 0.2) is 0 Å². The Morgan fingerprint density at radius 2 is 2.22 bits per heavy atom. The molecule has 1 aliphatic rings. The predicted octanol–water partition coefficient (Wildman–Crippen LogP) is 2.30. The van der Waals surface area contributed by atoms with E-state index in [4.69, 9.17) is 20.6 Å². The quantitative estimate of drug-likeness (QED) is 0.442. The SMILES string of the molecule is COc1ccc(C(=N)N)cc1COCCC1CC1. The van der Waals surface area contributed by atoms with Crippen LogP contribution in [0.1, 0.15) is 30.4 Å². The summed E-state index contributed by atoms with van der Waals surface area (Å²) >= 11 is 0. The van der Waals surface area contributed by atoms with Crippen molar-refractivity contribution in [3.63, 3.8) is 0 Å². The van der Waals surface area contributed by atoms with Crippen LogP contribution in [0.2, 0.25) is 0 Å². The van der Waals surface area contributed by atoms with Crippen LogP contribution in [0.25, 0.3) is 0 Å². The Balaban J connectivity index is 1.94. The Hall–Kier alpha value is -1.55. The molecule has 0 radical (unpaired) electrons. The van der Waals surface area contributed by atoms with E-state index < -0.39 is 0 Å². The Kier molecular flexibility index (Phi) is 4.20.